The maximum atomic E-state index is 12.0. The third-order valence-corrected chi connectivity index (χ3v) is 4.70. The zero-order chi connectivity index (χ0) is 14.5. The number of esters is 1. The molecule has 0 aromatic heterocycles. The van der Waals surface area contributed by atoms with Crippen molar-refractivity contribution in [2.75, 3.05) is 6.61 Å². The van der Waals surface area contributed by atoms with Crippen molar-refractivity contribution in [3.8, 4) is 0 Å². The van der Waals surface area contributed by atoms with Gasteiger partial charge in [-0.3, -0.25) is 4.79 Å². The minimum absolute atomic E-state index is 0.226. The predicted octanol–water partition coefficient (Wildman–Crippen LogP) is 3.54. The molecule has 0 aliphatic heterocycles. The summed E-state index contributed by atoms with van der Waals surface area (Å²) in [5, 5.41) is 10.9. The van der Waals surface area contributed by atoms with Crippen molar-refractivity contribution in [3.05, 3.63) is 0 Å². The molecule has 0 aromatic carbocycles. The number of ether oxygens (including phenoxy) is 1. The second-order valence-corrected chi connectivity index (χ2v) is 6.25. The van der Waals surface area contributed by atoms with Crippen molar-refractivity contribution >= 4 is 5.97 Å². The summed E-state index contributed by atoms with van der Waals surface area (Å²) in [7, 11) is 0. The van der Waals surface area contributed by atoms with E-state index in [2.05, 4.69) is 13.8 Å². The average molecular weight is 270 g/mol. The molecule has 3 heteroatoms. The Labute approximate surface area is 117 Å². The molecule has 0 radical (unpaired) electrons. The second-order valence-electron chi connectivity index (χ2n) is 6.25. The molecular formula is C16H30O3. The molecule has 0 heterocycles. The van der Waals surface area contributed by atoms with Gasteiger partial charge in [-0.25, -0.2) is 0 Å². The molecule has 3 nitrogen and oxygen atoms in total. The van der Waals surface area contributed by atoms with E-state index in [0.29, 0.717) is 24.9 Å². The van der Waals surface area contributed by atoms with Crippen LogP contribution in [-0.2, 0) is 9.53 Å². The first-order valence-electron chi connectivity index (χ1n) is 7.83. The smallest absolute Gasteiger partial charge is 0.311 e. The van der Waals surface area contributed by atoms with Crippen LogP contribution in [0.15, 0.2) is 0 Å². The average Bonchev–Trinajstić information content (AvgIpc) is 2.53. The Bertz CT molecular complexity index is 288. The first-order chi connectivity index (χ1) is 8.94. The van der Waals surface area contributed by atoms with Gasteiger partial charge < -0.3 is 9.84 Å². The third-order valence-electron chi connectivity index (χ3n) is 4.70. The molecular weight excluding hydrogens is 240 g/mol. The first kappa shape index (κ1) is 16.5. The number of carbonyl (C=O) groups excluding carboxylic acids is 1. The monoisotopic (exact) mass is 270 g/mol. The van der Waals surface area contributed by atoms with Crippen molar-refractivity contribution in [1.29, 1.82) is 0 Å². The van der Waals surface area contributed by atoms with Gasteiger partial charge in [0.2, 0.25) is 0 Å². The fourth-order valence-corrected chi connectivity index (χ4v) is 3.40. The molecule has 1 rings (SSSR count). The summed E-state index contributed by atoms with van der Waals surface area (Å²) >= 11 is 0. The Morgan fingerprint density at radius 1 is 1.32 bits per heavy atom. The molecule has 1 aliphatic carbocycles. The molecule has 1 N–H and O–H groups in total. The van der Waals surface area contributed by atoms with Crippen molar-refractivity contribution in [1.82, 2.24) is 0 Å². The summed E-state index contributed by atoms with van der Waals surface area (Å²) in [4.78, 5) is 12.0. The molecule has 1 saturated carbocycles. The number of aliphatic hydroxyl groups is 1. The summed E-state index contributed by atoms with van der Waals surface area (Å²) in [5.74, 6) is 0.743. The van der Waals surface area contributed by atoms with Gasteiger partial charge in [-0.15, -0.1) is 0 Å². The van der Waals surface area contributed by atoms with Crippen molar-refractivity contribution in [2.45, 2.75) is 71.8 Å². The minimum Gasteiger partial charge on any atom is -0.466 e. The Hall–Kier alpha value is -0.570. The normalized spacial score (nSPS) is 29.9. The van der Waals surface area contributed by atoms with E-state index in [0.717, 1.165) is 25.7 Å². The fraction of sp³-hybridized carbons (Fsp3) is 0.938. The van der Waals surface area contributed by atoms with E-state index in [1.54, 1.807) is 0 Å². The van der Waals surface area contributed by atoms with Crippen LogP contribution in [0.3, 0.4) is 0 Å². The van der Waals surface area contributed by atoms with Crippen LogP contribution in [0.1, 0.15) is 66.2 Å². The Morgan fingerprint density at radius 2 is 2.00 bits per heavy atom. The van der Waals surface area contributed by atoms with Crippen molar-refractivity contribution < 1.29 is 14.6 Å². The van der Waals surface area contributed by atoms with Crippen LogP contribution in [-0.4, -0.2) is 23.3 Å². The SMILES string of the molecule is CCOC(=O)C(CC)C1(O)CCCC(C(C)C)CC1. The molecule has 1 fully saturated rings. The minimum atomic E-state index is -0.857. The molecule has 0 aromatic rings. The molecule has 112 valence electrons. The maximum Gasteiger partial charge on any atom is 0.311 e. The molecule has 19 heavy (non-hydrogen) atoms. The van der Waals surface area contributed by atoms with Crippen LogP contribution in [0.4, 0.5) is 0 Å². The number of carbonyl (C=O) groups is 1. The second kappa shape index (κ2) is 7.28. The van der Waals surface area contributed by atoms with Gasteiger partial charge in [0.1, 0.15) is 0 Å². The van der Waals surface area contributed by atoms with Crippen molar-refractivity contribution in [3.63, 3.8) is 0 Å². The fourth-order valence-electron chi connectivity index (χ4n) is 3.40. The van der Waals surface area contributed by atoms with E-state index < -0.39 is 5.60 Å². The molecule has 3 unspecified atom stereocenters. The predicted molar refractivity (Wildman–Crippen MR) is 76.8 cm³/mol. The van der Waals surface area contributed by atoms with Gasteiger partial charge in [-0.2, -0.15) is 0 Å². The van der Waals surface area contributed by atoms with E-state index in [1.807, 2.05) is 13.8 Å². The van der Waals surface area contributed by atoms with Gasteiger partial charge in [0.25, 0.3) is 0 Å². The van der Waals surface area contributed by atoms with Crippen LogP contribution >= 0.6 is 0 Å². The Kier molecular flexibility index (Phi) is 6.31. The van der Waals surface area contributed by atoms with Crippen molar-refractivity contribution in [2.24, 2.45) is 17.8 Å². The van der Waals surface area contributed by atoms with Crippen LogP contribution in [0.5, 0.6) is 0 Å². The summed E-state index contributed by atoms with van der Waals surface area (Å²) in [5.41, 5.74) is -0.857. The third kappa shape index (κ3) is 4.20. The van der Waals surface area contributed by atoms with Gasteiger partial charge in [-0.1, -0.05) is 33.6 Å². The summed E-state index contributed by atoms with van der Waals surface area (Å²) < 4.78 is 5.13. The highest BCUT2D eigenvalue weighted by Gasteiger charge is 2.42. The summed E-state index contributed by atoms with van der Waals surface area (Å²) in [6, 6.07) is 0. The number of hydrogen-bond donors (Lipinski definition) is 1. The molecule has 0 amide bonds. The maximum absolute atomic E-state index is 12.0. The molecule has 0 saturated heterocycles. The highest BCUT2D eigenvalue weighted by atomic mass is 16.5. The van der Waals surface area contributed by atoms with Gasteiger partial charge >= 0.3 is 5.97 Å². The molecule has 3 atom stereocenters. The summed E-state index contributed by atoms with van der Waals surface area (Å²) in [6.45, 7) is 8.66. The topological polar surface area (TPSA) is 46.5 Å². The van der Waals surface area contributed by atoms with E-state index in [1.165, 1.54) is 6.42 Å². The van der Waals surface area contributed by atoms with Gasteiger partial charge in [0.05, 0.1) is 18.1 Å². The first-order valence-corrected chi connectivity index (χ1v) is 7.83. The lowest BCUT2D eigenvalue weighted by Gasteiger charge is -2.33. The Morgan fingerprint density at radius 3 is 2.53 bits per heavy atom. The summed E-state index contributed by atoms with van der Waals surface area (Å²) in [6.07, 6.45) is 5.31. The highest BCUT2D eigenvalue weighted by Crippen LogP contribution is 2.39. The molecule has 1 aliphatic rings. The van der Waals surface area contributed by atoms with E-state index in [4.69, 9.17) is 4.74 Å². The van der Waals surface area contributed by atoms with Crippen LogP contribution < -0.4 is 0 Å². The number of rotatable bonds is 5. The Balaban J connectivity index is 2.75. The lowest BCUT2D eigenvalue weighted by Crippen LogP contribution is -2.42. The standard InChI is InChI=1S/C16H30O3/c1-5-14(15(17)19-6-2)16(18)10-7-8-13(9-11-16)12(3)4/h12-14,18H,5-11H2,1-4H3. The van der Waals surface area contributed by atoms with Gasteiger partial charge in [0, 0.05) is 0 Å². The van der Waals surface area contributed by atoms with Crippen LogP contribution in [0.25, 0.3) is 0 Å². The quantitative estimate of drug-likeness (QED) is 0.614. The van der Waals surface area contributed by atoms with Crippen LogP contribution in [0, 0.1) is 17.8 Å². The largest absolute Gasteiger partial charge is 0.466 e. The number of hydrogen-bond acceptors (Lipinski definition) is 3. The molecule has 0 spiro atoms. The van der Waals surface area contributed by atoms with E-state index >= 15 is 0 Å². The zero-order valence-corrected chi connectivity index (χ0v) is 12.9. The highest BCUT2D eigenvalue weighted by molar-refractivity contribution is 5.73. The van der Waals surface area contributed by atoms with E-state index in [9.17, 15) is 9.90 Å². The van der Waals surface area contributed by atoms with E-state index in [-0.39, 0.29) is 11.9 Å². The zero-order valence-electron chi connectivity index (χ0n) is 12.9. The van der Waals surface area contributed by atoms with Gasteiger partial charge in [0.15, 0.2) is 0 Å². The lowest BCUT2D eigenvalue weighted by atomic mass is 9.79. The molecule has 0 bridgehead atoms. The van der Waals surface area contributed by atoms with Gasteiger partial charge in [-0.05, 0) is 44.4 Å². The van der Waals surface area contributed by atoms with Crippen LogP contribution in [0.2, 0.25) is 0 Å². The lowest BCUT2D eigenvalue weighted by molar-refractivity contribution is -0.160.